The number of aliphatic carboxylic acids is 1. The molecular formula is C10H15N3O4S. The van der Waals surface area contributed by atoms with Gasteiger partial charge in [-0.2, -0.15) is 0 Å². The van der Waals surface area contributed by atoms with Crippen molar-refractivity contribution in [1.82, 2.24) is 10.3 Å². The van der Waals surface area contributed by atoms with Gasteiger partial charge >= 0.3 is 12.0 Å². The molecule has 1 aromatic rings. The number of urea groups is 1. The maximum Gasteiger partial charge on any atom is 0.329 e. The second kappa shape index (κ2) is 6.92. The summed E-state index contributed by atoms with van der Waals surface area (Å²) in [5, 5.41) is 14.0. The highest BCUT2D eigenvalue weighted by molar-refractivity contribution is 7.15. The Morgan fingerprint density at radius 2 is 2.17 bits per heavy atom. The number of hydrogen-bond acceptors (Lipinski definition) is 5. The Morgan fingerprint density at radius 3 is 2.72 bits per heavy atom. The molecule has 0 spiro atoms. The summed E-state index contributed by atoms with van der Waals surface area (Å²) < 4.78 is 4.76. The van der Waals surface area contributed by atoms with Gasteiger partial charge < -0.3 is 15.2 Å². The van der Waals surface area contributed by atoms with Crippen LogP contribution in [-0.2, 0) is 9.53 Å². The fourth-order valence-electron chi connectivity index (χ4n) is 1.06. The molecule has 0 aliphatic rings. The van der Waals surface area contributed by atoms with E-state index < -0.39 is 5.97 Å². The van der Waals surface area contributed by atoms with Gasteiger partial charge in [-0.3, -0.25) is 5.32 Å². The lowest BCUT2D eigenvalue weighted by atomic mass is 10.4. The zero-order chi connectivity index (χ0) is 13.5. The molecule has 1 heterocycles. The number of nitrogens with zero attached hydrogens (tertiary/aromatic N) is 1. The van der Waals surface area contributed by atoms with Gasteiger partial charge in [-0.05, 0) is 13.8 Å². The van der Waals surface area contributed by atoms with E-state index in [0.717, 1.165) is 10.6 Å². The highest BCUT2D eigenvalue weighted by Gasteiger charge is 2.07. The second-order valence-electron chi connectivity index (χ2n) is 3.49. The van der Waals surface area contributed by atoms with Gasteiger partial charge in [-0.25, -0.2) is 14.6 Å². The van der Waals surface area contributed by atoms with E-state index in [2.05, 4.69) is 15.6 Å². The minimum absolute atomic E-state index is 0.148. The Morgan fingerprint density at radius 1 is 1.44 bits per heavy atom. The largest absolute Gasteiger partial charge is 0.480 e. The third kappa shape index (κ3) is 5.11. The molecule has 3 N–H and O–H groups in total. The SMILES string of the molecule is Cc1nc(NC(=O)NCCOCC(=O)O)sc1C. The third-order valence-electron chi connectivity index (χ3n) is 2.01. The Labute approximate surface area is 108 Å². The monoisotopic (exact) mass is 273 g/mol. The molecule has 0 saturated heterocycles. The van der Waals surface area contributed by atoms with E-state index in [0.29, 0.717) is 5.13 Å². The molecule has 100 valence electrons. The zero-order valence-corrected chi connectivity index (χ0v) is 11.0. The fraction of sp³-hybridized carbons (Fsp3) is 0.500. The average Bonchev–Trinajstić information content (AvgIpc) is 2.56. The van der Waals surface area contributed by atoms with Crippen LogP contribution in [0.2, 0.25) is 0 Å². The van der Waals surface area contributed by atoms with Gasteiger partial charge in [-0.1, -0.05) is 0 Å². The van der Waals surface area contributed by atoms with Crippen LogP contribution in [0.3, 0.4) is 0 Å². The number of amides is 2. The van der Waals surface area contributed by atoms with E-state index in [1.165, 1.54) is 11.3 Å². The van der Waals surface area contributed by atoms with Crippen molar-refractivity contribution in [2.24, 2.45) is 0 Å². The highest BCUT2D eigenvalue weighted by atomic mass is 32.1. The molecule has 8 heteroatoms. The summed E-state index contributed by atoms with van der Waals surface area (Å²) in [6.07, 6.45) is 0. The maximum absolute atomic E-state index is 11.4. The fourth-order valence-corrected chi connectivity index (χ4v) is 1.87. The first kappa shape index (κ1) is 14.4. The first-order chi connectivity index (χ1) is 8.49. The predicted molar refractivity (Wildman–Crippen MR) is 67.1 cm³/mol. The topological polar surface area (TPSA) is 101 Å². The lowest BCUT2D eigenvalue weighted by Crippen LogP contribution is -2.31. The van der Waals surface area contributed by atoms with Crippen molar-refractivity contribution in [3.63, 3.8) is 0 Å². The van der Waals surface area contributed by atoms with Crippen LogP contribution in [0.5, 0.6) is 0 Å². The van der Waals surface area contributed by atoms with Crippen molar-refractivity contribution < 1.29 is 19.4 Å². The van der Waals surface area contributed by atoms with Crippen molar-refractivity contribution in [3.8, 4) is 0 Å². The summed E-state index contributed by atoms with van der Waals surface area (Å²) in [6, 6.07) is -0.386. The molecule has 0 fully saturated rings. The van der Waals surface area contributed by atoms with Crippen LogP contribution in [0.4, 0.5) is 9.93 Å². The number of carboxylic acid groups (broad SMARTS) is 1. The van der Waals surface area contributed by atoms with E-state index in [1.54, 1.807) is 0 Å². The molecule has 0 radical (unpaired) electrons. The number of thiazole rings is 1. The van der Waals surface area contributed by atoms with Gasteiger partial charge in [-0.15, -0.1) is 11.3 Å². The average molecular weight is 273 g/mol. The standard InChI is InChI=1S/C10H15N3O4S/c1-6-7(2)18-10(12-6)13-9(16)11-3-4-17-5-8(14)15/h3-5H2,1-2H3,(H,14,15)(H2,11,12,13,16). The molecule has 1 rings (SSSR count). The molecule has 0 unspecified atom stereocenters. The maximum atomic E-state index is 11.4. The van der Waals surface area contributed by atoms with E-state index in [9.17, 15) is 9.59 Å². The Kier molecular flexibility index (Phi) is 5.53. The van der Waals surface area contributed by atoms with Crippen LogP contribution in [0.1, 0.15) is 10.6 Å². The number of carboxylic acids is 1. The normalized spacial score (nSPS) is 10.1. The van der Waals surface area contributed by atoms with Gasteiger partial charge in [0.1, 0.15) is 6.61 Å². The molecule has 0 bridgehead atoms. The van der Waals surface area contributed by atoms with Gasteiger partial charge in [0.25, 0.3) is 0 Å². The molecule has 7 nitrogen and oxygen atoms in total. The molecule has 0 aliphatic carbocycles. The van der Waals surface area contributed by atoms with Gasteiger partial charge in [0, 0.05) is 11.4 Å². The van der Waals surface area contributed by atoms with Crippen LogP contribution >= 0.6 is 11.3 Å². The minimum Gasteiger partial charge on any atom is -0.480 e. The summed E-state index contributed by atoms with van der Waals surface area (Å²) in [7, 11) is 0. The number of ether oxygens (including phenoxy) is 1. The van der Waals surface area contributed by atoms with Crippen molar-refractivity contribution in [3.05, 3.63) is 10.6 Å². The van der Waals surface area contributed by atoms with E-state index in [1.807, 2.05) is 13.8 Å². The Balaban J connectivity index is 2.19. The summed E-state index contributed by atoms with van der Waals surface area (Å²) in [4.78, 5) is 26.7. The molecule has 1 aromatic heterocycles. The molecule has 18 heavy (non-hydrogen) atoms. The minimum atomic E-state index is -1.03. The van der Waals surface area contributed by atoms with Crippen molar-refractivity contribution in [2.45, 2.75) is 13.8 Å². The highest BCUT2D eigenvalue weighted by Crippen LogP contribution is 2.20. The zero-order valence-electron chi connectivity index (χ0n) is 10.1. The van der Waals surface area contributed by atoms with Crippen LogP contribution in [0.15, 0.2) is 0 Å². The first-order valence-corrected chi connectivity index (χ1v) is 6.09. The summed E-state index contributed by atoms with van der Waals surface area (Å²) in [5.41, 5.74) is 0.889. The van der Waals surface area contributed by atoms with E-state index in [4.69, 9.17) is 9.84 Å². The van der Waals surface area contributed by atoms with Crippen molar-refractivity contribution >= 4 is 28.5 Å². The number of aryl methyl sites for hydroxylation is 2. The summed E-state index contributed by atoms with van der Waals surface area (Å²) in [5.74, 6) is -1.03. The van der Waals surface area contributed by atoms with Gasteiger partial charge in [0.15, 0.2) is 5.13 Å². The lowest BCUT2D eigenvalue weighted by Gasteiger charge is -2.05. The van der Waals surface area contributed by atoms with Crippen LogP contribution in [0, 0.1) is 13.8 Å². The second-order valence-corrected chi connectivity index (χ2v) is 4.69. The molecule has 0 saturated carbocycles. The number of nitrogens with one attached hydrogen (secondary N) is 2. The van der Waals surface area contributed by atoms with Crippen molar-refractivity contribution in [1.29, 1.82) is 0 Å². The Hall–Kier alpha value is -1.67. The lowest BCUT2D eigenvalue weighted by molar-refractivity contribution is -0.142. The number of aromatic nitrogens is 1. The third-order valence-corrected chi connectivity index (χ3v) is 2.99. The predicted octanol–water partition coefficient (Wildman–Crippen LogP) is 0.983. The van der Waals surface area contributed by atoms with Crippen LogP contribution in [-0.4, -0.2) is 41.8 Å². The van der Waals surface area contributed by atoms with Gasteiger partial charge in [0.2, 0.25) is 0 Å². The number of hydrogen-bond donors (Lipinski definition) is 3. The number of carbonyl (C=O) groups is 2. The van der Waals surface area contributed by atoms with E-state index in [-0.39, 0.29) is 25.8 Å². The summed E-state index contributed by atoms with van der Waals surface area (Å²) >= 11 is 1.40. The number of anilines is 1. The smallest absolute Gasteiger partial charge is 0.329 e. The molecule has 0 aliphatic heterocycles. The van der Waals surface area contributed by atoms with Gasteiger partial charge in [0.05, 0.1) is 12.3 Å². The number of rotatable bonds is 6. The van der Waals surface area contributed by atoms with Crippen LogP contribution in [0.25, 0.3) is 0 Å². The first-order valence-electron chi connectivity index (χ1n) is 5.27. The molecule has 0 aromatic carbocycles. The molecule has 2 amide bonds. The quantitative estimate of drug-likeness (QED) is 0.671. The molecule has 0 atom stereocenters. The van der Waals surface area contributed by atoms with E-state index >= 15 is 0 Å². The Bertz CT molecular complexity index is 413. The molecular weight excluding hydrogens is 258 g/mol. The van der Waals surface area contributed by atoms with Crippen molar-refractivity contribution in [2.75, 3.05) is 25.1 Å². The van der Waals surface area contributed by atoms with Crippen LogP contribution < -0.4 is 10.6 Å². The summed E-state index contributed by atoms with van der Waals surface area (Å²) in [6.45, 7) is 3.82. The number of carbonyl (C=O) groups excluding carboxylic acids is 1.